The van der Waals surface area contributed by atoms with E-state index in [4.69, 9.17) is 0 Å². The highest BCUT2D eigenvalue weighted by Gasteiger charge is 2.14. The molecule has 2 aromatic rings. The van der Waals surface area contributed by atoms with Crippen LogP contribution < -0.4 is 5.32 Å². The molecule has 1 aliphatic heterocycles. The number of nitrogens with zero attached hydrogens (tertiary/aromatic N) is 4. The zero-order valence-electron chi connectivity index (χ0n) is 11.6. The second kappa shape index (κ2) is 6.39. The Bertz CT molecular complexity index is 562. The monoisotopic (exact) mass is 289 g/mol. The summed E-state index contributed by atoms with van der Waals surface area (Å²) in [7, 11) is 0. The first-order valence-corrected chi connectivity index (χ1v) is 8.06. The van der Waals surface area contributed by atoms with Crippen molar-refractivity contribution in [1.82, 2.24) is 25.2 Å². The Morgan fingerprint density at radius 2 is 2.15 bits per heavy atom. The molecule has 1 N–H and O–H groups in total. The molecule has 1 aromatic carbocycles. The Labute approximate surface area is 123 Å². The Balaban J connectivity index is 1.81. The maximum atomic E-state index is 4.24. The summed E-state index contributed by atoms with van der Waals surface area (Å²) in [6.45, 7) is 5.18. The molecule has 0 radical (unpaired) electrons. The van der Waals surface area contributed by atoms with E-state index < -0.39 is 0 Å². The van der Waals surface area contributed by atoms with Crippen LogP contribution >= 0.6 is 11.8 Å². The van der Waals surface area contributed by atoms with Gasteiger partial charge >= 0.3 is 0 Å². The SMILES string of the molecule is CSc1cccc(-n2nncc2CN2CCNCC2)c1. The first-order chi connectivity index (χ1) is 9.86. The van der Waals surface area contributed by atoms with Gasteiger partial charge in [0, 0.05) is 37.6 Å². The lowest BCUT2D eigenvalue weighted by Gasteiger charge is -2.26. The van der Waals surface area contributed by atoms with Crippen LogP contribution in [0.15, 0.2) is 35.4 Å². The fourth-order valence-electron chi connectivity index (χ4n) is 2.42. The summed E-state index contributed by atoms with van der Waals surface area (Å²) in [5.41, 5.74) is 2.23. The number of piperazine rings is 1. The van der Waals surface area contributed by atoms with Crippen molar-refractivity contribution < 1.29 is 0 Å². The van der Waals surface area contributed by atoms with Crippen LogP contribution in [0.25, 0.3) is 5.69 Å². The molecular formula is C14H19N5S. The highest BCUT2D eigenvalue weighted by Crippen LogP contribution is 2.19. The van der Waals surface area contributed by atoms with Gasteiger partial charge in [0.2, 0.25) is 0 Å². The van der Waals surface area contributed by atoms with Gasteiger partial charge in [-0.1, -0.05) is 11.3 Å². The summed E-state index contributed by atoms with van der Waals surface area (Å²) in [6.07, 6.45) is 3.95. The predicted octanol–water partition coefficient (Wildman–Crippen LogP) is 1.39. The van der Waals surface area contributed by atoms with Crippen LogP contribution in [0.4, 0.5) is 0 Å². The molecule has 1 fully saturated rings. The van der Waals surface area contributed by atoms with Crippen molar-refractivity contribution in [1.29, 1.82) is 0 Å². The minimum Gasteiger partial charge on any atom is -0.314 e. The van der Waals surface area contributed by atoms with Gasteiger partial charge in [0.15, 0.2) is 0 Å². The number of aromatic nitrogens is 3. The molecule has 1 aliphatic rings. The number of hydrogen-bond acceptors (Lipinski definition) is 5. The molecule has 0 spiro atoms. The Hall–Kier alpha value is -1.37. The summed E-state index contributed by atoms with van der Waals surface area (Å²) in [4.78, 5) is 3.68. The lowest BCUT2D eigenvalue weighted by molar-refractivity contribution is 0.229. The zero-order chi connectivity index (χ0) is 13.8. The Morgan fingerprint density at radius 3 is 2.95 bits per heavy atom. The van der Waals surface area contributed by atoms with Crippen LogP contribution in [0.2, 0.25) is 0 Å². The largest absolute Gasteiger partial charge is 0.314 e. The first kappa shape index (κ1) is 13.6. The van der Waals surface area contributed by atoms with Crippen LogP contribution in [0.1, 0.15) is 5.69 Å². The van der Waals surface area contributed by atoms with E-state index in [1.807, 2.05) is 10.9 Å². The summed E-state index contributed by atoms with van der Waals surface area (Å²) in [5, 5.41) is 11.7. The van der Waals surface area contributed by atoms with Crippen molar-refractivity contribution in [2.24, 2.45) is 0 Å². The lowest BCUT2D eigenvalue weighted by atomic mass is 10.3. The molecule has 0 unspecified atom stereocenters. The van der Waals surface area contributed by atoms with E-state index in [0.29, 0.717) is 0 Å². The topological polar surface area (TPSA) is 46.0 Å². The second-order valence-corrected chi connectivity index (χ2v) is 5.74. The molecule has 0 bridgehead atoms. The number of rotatable bonds is 4. The van der Waals surface area contributed by atoms with Gasteiger partial charge in [-0.2, -0.15) is 0 Å². The standard InChI is InChI=1S/C14H19N5S/c1-20-14-4-2-3-12(9-14)19-13(10-16-17-19)11-18-7-5-15-6-8-18/h2-4,9-10,15H,5-8,11H2,1H3. The lowest BCUT2D eigenvalue weighted by Crippen LogP contribution is -2.43. The Morgan fingerprint density at radius 1 is 1.30 bits per heavy atom. The summed E-state index contributed by atoms with van der Waals surface area (Å²) in [5.74, 6) is 0. The highest BCUT2D eigenvalue weighted by molar-refractivity contribution is 7.98. The predicted molar refractivity (Wildman–Crippen MR) is 81.3 cm³/mol. The minimum atomic E-state index is 0.901. The van der Waals surface area contributed by atoms with Crippen molar-refractivity contribution in [2.45, 2.75) is 11.4 Å². The maximum Gasteiger partial charge on any atom is 0.0786 e. The molecule has 0 aliphatic carbocycles. The molecule has 0 atom stereocenters. The van der Waals surface area contributed by atoms with Crippen molar-refractivity contribution >= 4 is 11.8 Å². The number of nitrogens with one attached hydrogen (secondary N) is 1. The smallest absolute Gasteiger partial charge is 0.0786 e. The minimum absolute atomic E-state index is 0.901. The van der Waals surface area contributed by atoms with E-state index in [1.165, 1.54) is 4.90 Å². The van der Waals surface area contributed by atoms with Gasteiger partial charge in [0.05, 0.1) is 17.6 Å². The van der Waals surface area contributed by atoms with Gasteiger partial charge in [-0.15, -0.1) is 16.9 Å². The molecule has 1 aromatic heterocycles. The van der Waals surface area contributed by atoms with Crippen molar-refractivity contribution in [2.75, 3.05) is 32.4 Å². The molecule has 3 rings (SSSR count). The van der Waals surface area contributed by atoms with E-state index >= 15 is 0 Å². The fraction of sp³-hybridized carbons (Fsp3) is 0.429. The van der Waals surface area contributed by atoms with E-state index in [1.54, 1.807) is 11.8 Å². The molecule has 20 heavy (non-hydrogen) atoms. The molecule has 1 saturated heterocycles. The average molecular weight is 289 g/mol. The molecular weight excluding hydrogens is 270 g/mol. The van der Waals surface area contributed by atoms with E-state index in [2.05, 4.69) is 51.1 Å². The fourth-order valence-corrected chi connectivity index (χ4v) is 2.88. The summed E-state index contributed by atoms with van der Waals surface area (Å²) >= 11 is 1.74. The van der Waals surface area contributed by atoms with Crippen molar-refractivity contribution in [3.8, 4) is 5.69 Å². The summed E-state index contributed by atoms with van der Waals surface area (Å²) < 4.78 is 1.95. The van der Waals surface area contributed by atoms with Gasteiger partial charge < -0.3 is 5.32 Å². The van der Waals surface area contributed by atoms with Gasteiger partial charge in [-0.3, -0.25) is 4.90 Å². The van der Waals surface area contributed by atoms with Crippen LogP contribution in [-0.4, -0.2) is 52.3 Å². The third-order valence-electron chi connectivity index (χ3n) is 3.51. The van der Waals surface area contributed by atoms with E-state index in [9.17, 15) is 0 Å². The maximum absolute atomic E-state index is 4.24. The van der Waals surface area contributed by atoms with Crippen LogP contribution in [0, 0.1) is 0 Å². The van der Waals surface area contributed by atoms with Gasteiger partial charge in [0.1, 0.15) is 0 Å². The van der Waals surface area contributed by atoms with Crippen LogP contribution in [0.3, 0.4) is 0 Å². The molecule has 6 heteroatoms. The van der Waals surface area contributed by atoms with Crippen molar-refractivity contribution in [3.05, 3.63) is 36.2 Å². The molecule has 0 amide bonds. The molecule has 2 heterocycles. The van der Waals surface area contributed by atoms with Gasteiger partial charge in [-0.05, 0) is 24.5 Å². The van der Waals surface area contributed by atoms with Crippen molar-refractivity contribution in [3.63, 3.8) is 0 Å². The third-order valence-corrected chi connectivity index (χ3v) is 4.24. The molecule has 106 valence electrons. The molecule has 0 saturated carbocycles. The first-order valence-electron chi connectivity index (χ1n) is 6.84. The van der Waals surface area contributed by atoms with E-state index in [-0.39, 0.29) is 0 Å². The summed E-state index contributed by atoms with van der Waals surface area (Å²) in [6, 6.07) is 8.41. The quantitative estimate of drug-likeness (QED) is 0.862. The van der Waals surface area contributed by atoms with E-state index in [0.717, 1.165) is 44.1 Å². The normalized spacial score (nSPS) is 16.4. The average Bonchev–Trinajstić information content (AvgIpc) is 2.96. The number of thioether (sulfide) groups is 1. The third kappa shape index (κ3) is 3.03. The van der Waals surface area contributed by atoms with Crippen LogP contribution in [-0.2, 0) is 6.54 Å². The van der Waals surface area contributed by atoms with Gasteiger partial charge in [0.25, 0.3) is 0 Å². The second-order valence-electron chi connectivity index (χ2n) is 4.86. The highest BCUT2D eigenvalue weighted by atomic mass is 32.2. The number of hydrogen-bond donors (Lipinski definition) is 1. The van der Waals surface area contributed by atoms with Gasteiger partial charge in [-0.25, -0.2) is 4.68 Å². The van der Waals surface area contributed by atoms with Crippen LogP contribution in [0.5, 0.6) is 0 Å². The zero-order valence-corrected chi connectivity index (χ0v) is 12.4. The Kier molecular flexibility index (Phi) is 4.34. The molecule has 5 nitrogen and oxygen atoms in total. The number of benzene rings is 1.